The lowest BCUT2D eigenvalue weighted by atomic mass is 9.99. The molecule has 0 unspecified atom stereocenters. The Morgan fingerprint density at radius 1 is 0.957 bits per heavy atom. The number of rotatable bonds is 5. The number of benzene rings is 3. The summed E-state index contributed by atoms with van der Waals surface area (Å²) in [6, 6.07) is 17.9. The smallest absolute Gasteiger partial charge is 0.337 e. The Morgan fingerprint density at radius 3 is 2.38 bits per heavy atom. The number of anilines is 1. The van der Waals surface area contributed by atoms with E-state index in [-0.39, 0.29) is 12.3 Å². The summed E-state index contributed by atoms with van der Waals surface area (Å²) >= 11 is 7.90. The van der Waals surface area contributed by atoms with Gasteiger partial charge in [-0.05, 0) is 98.8 Å². The third-order valence-corrected chi connectivity index (χ3v) is 9.97. The number of amides is 1. The molecule has 0 spiro atoms. The molecule has 2 aliphatic heterocycles. The molecule has 4 heterocycles. The molecule has 10 nitrogen and oxygen atoms in total. The van der Waals surface area contributed by atoms with Crippen molar-refractivity contribution < 1.29 is 14.3 Å². The molecule has 0 radical (unpaired) electrons. The van der Waals surface area contributed by atoms with Crippen LogP contribution < -0.4 is 5.32 Å². The predicted molar refractivity (Wildman–Crippen MR) is 182 cm³/mol. The summed E-state index contributed by atoms with van der Waals surface area (Å²) in [4.78, 5) is 32.1. The van der Waals surface area contributed by atoms with Gasteiger partial charge >= 0.3 is 5.97 Å². The second kappa shape index (κ2) is 12.3. The molecule has 1 amide bonds. The standard InChI is InChI=1S/C35H30ClN7O3S/c1-18-19(2)47-34-31(18)32(21-7-10-25(36)11-8-21)38-29(33-42-39-20(3)43(33)34)17-30(44)37-26-12-14-28-23(16-26)6-5-22-15-24(35(45)46-4)9-13-27(22)40-41-28/h7-16,29H,5-6,17H2,1-4H3,(H,37,44)/b41-40-/t29-/m0/s1. The zero-order valence-corrected chi connectivity index (χ0v) is 27.7. The van der Waals surface area contributed by atoms with Gasteiger partial charge < -0.3 is 10.1 Å². The van der Waals surface area contributed by atoms with E-state index < -0.39 is 12.0 Å². The number of aromatic nitrogens is 3. The van der Waals surface area contributed by atoms with Crippen LogP contribution >= 0.6 is 22.9 Å². The van der Waals surface area contributed by atoms with E-state index in [1.54, 1.807) is 29.5 Å². The van der Waals surface area contributed by atoms with Gasteiger partial charge in [0.05, 0.1) is 36.2 Å². The molecular weight excluding hydrogens is 634 g/mol. The number of halogens is 1. The number of fused-ring (bicyclic) bond motifs is 5. The van der Waals surface area contributed by atoms with Gasteiger partial charge in [0, 0.05) is 26.7 Å². The van der Waals surface area contributed by atoms with Gasteiger partial charge in [-0.2, -0.15) is 10.2 Å². The van der Waals surface area contributed by atoms with Crippen LogP contribution in [0.4, 0.5) is 17.1 Å². The van der Waals surface area contributed by atoms with Gasteiger partial charge in [0.25, 0.3) is 0 Å². The summed E-state index contributed by atoms with van der Waals surface area (Å²) in [6.07, 6.45) is 1.35. The van der Waals surface area contributed by atoms with Gasteiger partial charge in [0.15, 0.2) is 5.82 Å². The number of thiophene rings is 1. The maximum atomic E-state index is 13.7. The van der Waals surface area contributed by atoms with Crippen LogP contribution in [0.25, 0.3) is 5.00 Å². The number of nitrogens with zero attached hydrogens (tertiary/aromatic N) is 6. The van der Waals surface area contributed by atoms with Gasteiger partial charge in [-0.1, -0.05) is 23.7 Å². The first-order valence-corrected chi connectivity index (χ1v) is 16.3. The van der Waals surface area contributed by atoms with E-state index in [0.29, 0.717) is 40.6 Å². The van der Waals surface area contributed by atoms with Gasteiger partial charge in [0.2, 0.25) is 5.91 Å². The van der Waals surface area contributed by atoms with Gasteiger partial charge in [-0.3, -0.25) is 14.4 Å². The molecule has 7 rings (SSSR count). The predicted octanol–water partition coefficient (Wildman–Crippen LogP) is 8.13. The van der Waals surface area contributed by atoms with Crippen LogP contribution in [0, 0.1) is 20.8 Å². The van der Waals surface area contributed by atoms with E-state index in [2.05, 4.69) is 39.6 Å². The largest absolute Gasteiger partial charge is 0.465 e. The fourth-order valence-corrected chi connectivity index (χ4v) is 7.33. The highest BCUT2D eigenvalue weighted by Gasteiger charge is 2.32. The highest BCUT2D eigenvalue weighted by Crippen LogP contribution is 2.40. The summed E-state index contributed by atoms with van der Waals surface area (Å²) < 4.78 is 6.91. The average Bonchev–Trinajstić information content (AvgIpc) is 3.54. The molecule has 5 aromatic rings. The van der Waals surface area contributed by atoms with Gasteiger partial charge in [0.1, 0.15) is 16.9 Å². The van der Waals surface area contributed by atoms with Crippen LogP contribution in [0.2, 0.25) is 5.02 Å². The normalized spacial score (nSPS) is 15.5. The highest BCUT2D eigenvalue weighted by molar-refractivity contribution is 7.15. The van der Waals surface area contributed by atoms with Crippen molar-refractivity contribution in [2.24, 2.45) is 15.2 Å². The molecule has 3 aromatic carbocycles. The van der Waals surface area contributed by atoms with E-state index >= 15 is 0 Å². The zero-order chi connectivity index (χ0) is 32.8. The van der Waals surface area contributed by atoms with Crippen molar-refractivity contribution in [3.05, 3.63) is 116 Å². The first-order chi connectivity index (χ1) is 22.7. The fraction of sp³-hybridized carbons (Fsp3) is 0.229. The van der Waals surface area contributed by atoms with Crippen molar-refractivity contribution in [1.29, 1.82) is 0 Å². The first-order valence-electron chi connectivity index (χ1n) is 15.1. The van der Waals surface area contributed by atoms with E-state index in [1.807, 2.05) is 54.0 Å². The summed E-state index contributed by atoms with van der Waals surface area (Å²) in [5, 5.41) is 22.5. The Bertz CT molecular complexity index is 2130. The lowest BCUT2D eigenvalue weighted by Crippen LogP contribution is -2.17. The minimum atomic E-state index is -0.583. The monoisotopic (exact) mass is 663 g/mol. The molecule has 47 heavy (non-hydrogen) atoms. The number of carbonyl (C=O) groups is 2. The Balaban J connectivity index is 1.18. The Morgan fingerprint density at radius 2 is 1.66 bits per heavy atom. The SMILES string of the molecule is COC(=O)c1ccc2c(c1)CCc1cc(NC(=O)C[C@@H]3N=C(c4ccc(Cl)cc4)c4c(sc(C)c4C)-n4c(C)nnc43)ccc1/N=N\2. The minimum absolute atomic E-state index is 0.0582. The number of aryl methyl sites for hydroxylation is 4. The van der Waals surface area contributed by atoms with Crippen LogP contribution in [0.5, 0.6) is 0 Å². The summed E-state index contributed by atoms with van der Waals surface area (Å²) in [7, 11) is 1.36. The Labute approximate surface area is 280 Å². The van der Waals surface area contributed by atoms with E-state index in [4.69, 9.17) is 21.3 Å². The number of hydrogen-bond acceptors (Lipinski definition) is 9. The molecular formula is C35H30ClN7O3S. The van der Waals surface area contributed by atoms with Crippen molar-refractivity contribution in [1.82, 2.24) is 14.8 Å². The third-order valence-electron chi connectivity index (χ3n) is 8.53. The van der Waals surface area contributed by atoms with Gasteiger partial charge in [-0.15, -0.1) is 21.5 Å². The highest BCUT2D eigenvalue weighted by atomic mass is 35.5. The fourth-order valence-electron chi connectivity index (χ4n) is 5.99. The second-order valence-corrected chi connectivity index (χ2v) is 13.2. The first kappa shape index (κ1) is 30.6. The van der Waals surface area contributed by atoms with Crippen molar-refractivity contribution in [3.63, 3.8) is 0 Å². The number of nitrogens with one attached hydrogen (secondary N) is 1. The number of methoxy groups -OCH3 is 1. The lowest BCUT2D eigenvalue weighted by Gasteiger charge is -2.15. The third kappa shape index (κ3) is 5.77. The molecule has 0 fully saturated rings. The number of azo groups is 1. The van der Waals surface area contributed by atoms with Crippen molar-refractivity contribution in [2.45, 2.75) is 46.1 Å². The molecule has 12 heteroatoms. The topological polar surface area (TPSA) is 123 Å². The second-order valence-electron chi connectivity index (χ2n) is 11.5. The van der Waals surface area contributed by atoms with Crippen LogP contribution in [-0.2, 0) is 22.4 Å². The lowest BCUT2D eigenvalue weighted by molar-refractivity contribution is -0.116. The van der Waals surface area contributed by atoms with E-state index in [1.165, 1.54) is 12.0 Å². The number of carbonyl (C=O) groups excluding carboxylic acids is 2. The van der Waals surface area contributed by atoms with Crippen molar-refractivity contribution >= 4 is 57.6 Å². The summed E-state index contributed by atoms with van der Waals surface area (Å²) in [5.74, 6) is 0.745. The number of ether oxygens (including phenoxy) is 1. The zero-order valence-electron chi connectivity index (χ0n) is 26.2. The van der Waals surface area contributed by atoms with E-state index in [9.17, 15) is 9.59 Å². The number of aliphatic imine (C=N–C) groups is 1. The van der Waals surface area contributed by atoms with E-state index in [0.717, 1.165) is 50.0 Å². The van der Waals surface area contributed by atoms with Crippen LogP contribution in [0.3, 0.4) is 0 Å². The molecule has 1 N–H and O–H groups in total. The summed E-state index contributed by atoms with van der Waals surface area (Å²) in [5.41, 5.74) is 8.24. The molecule has 2 aliphatic rings. The maximum Gasteiger partial charge on any atom is 0.337 e. The molecule has 236 valence electrons. The average molecular weight is 664 g/mol. The van der Waals surface area contributed by atoms with Gasteiger partial charge in [-0.25, -0.2) is 4.79 Å². The number of esters is 1. The van der Waals surface area contributed by atoms with Crippen molar-refractivity contribution in [2.75, 3.05) is 12.4 Å². The molecule has 0 saturated heterocycles. The molecule has 0 aliphatic carbocycles. The van der Waals surface area contributed by atoms with Crippen LogP contribution in [-0.4, -0.2) is 39.5 Å². The van der Waals surface area contributed by atoms with Crippen LogP contribution in [0.15, 0.2) is 75.9 Å². The van der Waals surface area contributed by atoms with Crippen molar-refractivity contribution in [3.8, 4) is 5.00 Å². The molecule has 0 bridgehead atoms. The molecule has 2 aromatic heterocycles. The molecule has 1 atom stereocenters. The summed E-state index contributed by atoms with van der Waals surface area (Å²) in [6.45, 7) is 6.11. The quantitative estimate of drug-likeness (QED) is 0.190. The maximum absolute atomic E-state index is 13.7. The van der Waals surface area contributed by atoms with Crippen LogP contribution in [0.1, 0.15) is 67.2 Å². The molecule has 0 saturated carbocycles. The number of hydrogen-bond donors (Lipinski definition) is 1. The minimum Gasteiger partial charge on any atom is -0.465 e. The Kier molecular flexibility index (Phi) is 8.03. The Hall–Kier alpha value is -5.00.